The van der Waals surface area contributed by atoms with Crippen molar-refractivity contribution in [2.24, 2.45) is 11.1 Å². The van der Waals surface area contributed by atoms with E-state index in [0.29, 0.717) is 26.2 Å². The van der Waals surface area contributed by atoms with Gasteiger partial charge in [-0.1, -0.05) is 19.9 Å². The van der Waals surface area contributed by atoms with Crippen molar-refractivity contribution in [2.45, 2.75) is 39.7 Å². The fraction of sp³-hybridized carbons (Fsp3) is 0.647. The Hall–Kier alpha value is -1.82. The third kappa shape index (κ3) is 3.93. The van der Waals surface area contributed by atoms with Crippen LogP contribution in [0.1, 0.15) is 33.6 Å². The van der Waals surface area contributed by atoms with Crippen LogP contribution in [0.15, 0.2) is 23.3 Å². The fourth-order valence-corrected chi connectivity index (χ4v) is 3.33. The third-order valence-electron chi connectivity index (χ3n) is 4.99. The number of aliphatic hydroxyl groups excluding tert-OH is 1. The Bertz CT molecular complexity index is 543. The minimum atomic E-state index is -0.439. The van der Waals surface area contributed by atoms with Gasteiger partial charge in [-0.3, -0.25) is 4.79 Å². The number of rotatable bonds is 2. The number of amides is 3. The summed E-state index contributed by atoms with van der Waals surface area (Å²) in [5.74, 6) is -0.0646. The SMILES string of the molecule is CC1=C(C=CC(=O)N2CCN(C(N)=O)CC2)C(C)(C)CCC1O. The molecule has 128 valence electrons. The lowest BCUT2D eigenvalue weighted by Gasteiger charge is -2.36. The number of carbonyl (C=O) groups is 2. The van der Waals surface area contributed by atoms with Crippen molar-refractivity contribution in [1.82, 2.24) is 9.80 Å². The van der Waals surface area contributed by atoms with Gasteiger partial charge >= 0.3 is 6.03 Å². The summed E-state index contributed by atoms with van der Waals surface area (Å²) in [6.07, 6.45) is 4.67. The number of nitrogens with two attached hydrogens (primary N) is 1. The predicted octanol–water partition coefficient (Wildman–Crippen LogP) is 1.26. The molecule has 1 saturated heterocycles. The first kappa shape index (κ1) is 17.5. The van der Waals surface area contributed by atoms with Crippen LogP contribution in [0.4, 0.5) is 4.79 Å². The van der Waals surface area contributed by atoms with Crippen LogP contribution < -0.4 is 5.73 Å². The van der Waals surface area contributed by atoms with E-state index in [1.54, 1.807) is 15.9 Å². The van der Waals surface area contributed by atoms with E-state index in [9.17, 15) is 14.7 Å². The molecular formula is C17H27N3O3. The zero-order chi connectivity index (χ0) is 17.2. The number of aliphatic hydroxyl groups is 1. The lowest BCUT2D eigenvalue weighted by Crippen LogP contribution is -2.51. The van der Waals surface area contributed by atoms with Gasteiger partial charge in [-0.15, -0.1) is 0 Å². The van der Waals surface area contributed by atoms with Crippen molar-refractivity contribution in [3.05, 3.63) is 23.3 Å². The van der Waals surface area contributed by atoms with E-state index in [0.717, 1.165) is 24.0 Å². The molecule has 1 unspecified atom stereocenters. The van der Waals surface area contributed by atoms with Gasteiger partial charge in [0.1, 0.15) is 0 Å². The maximum absolute atomic E-state index is 12.3. The van der Waals surface area contributed by atoms with E-state index in [-0.39, 0.29) is 11.3 Å². The van der Waals surface area contributed by atoms with Gasteiger partial charge in [0.15, 0.2) is 0 Å². The molecule has 0 aromatic carbocycles. The number of nitrogens with zero attached hydrogens (tertiary/aromatic N) is 2. The standard InChI is InChI=1S/C17H27N3O3/c1-12-13(17(2,3)7-6-14(12)21)4-5-15(22)19-8-10-20(11-9-19)16(18)23/h4-5,14,21H,6-11H2,1-3H3,(H2,18,23). The smallest absolute Gasteiger partial charge is 0.314 e. The van der Waals surface area contributed by atoms with E-state index >= 15 is 0 Å². The molecule has 6 heteroatoms. The van der Waals surface area contributed by atoms with Crippen molar-refractivity contribution in [2.75, 3.05) is 26.2 Å². The summed E-state index contributed by atoms with van der Waals surface area (Å²) >= 11 is 0. The van der Waals surface area contributed by atoms with Crippen molar-refractivity contribution >= 4 is 11.9 Å². The maximum Gasteiger partial charge on any atom is 0.314 e. The van der Waals surface area contributed by atoms with Gasteiger partial charge in [-0.05, 0) is 36.3 Å². The lowest BCUT2D eigenvalue weighted by atomic mass is 9.71. The highest BCUT2D eigenvalue weighted by atomic mass is 16.3. The summed E-state index contributed by atoms with van der Waals surface area (Å²) in [6.45, 7) is 8.14. The highest BCUT2D eigenvalue weighted by Crippen LogP contribution is 2.40. The summed E-state index contributed by atoms with van der Waals surface area (Å²) in [5.41, 5.74) is 7.20. The summed E-state index contributed by atoms with van der Waals surface area (Å²) < 4.78 is 0. The van der Waals surface area contributed by atoms with Crippen LogP contribution in [0, 0.1) is 5.41 Å². The van der Waals surface area contributed by atoms with Gasteiger partial charge in [0, 0.05) is 32.3 Å². The zero-order valence-corrected chi connectivity index (χ0v) is 14.2. The van der Waals surface area contributed by atoms with Gasteiger partial charge in [0.05, 0.1) is 6.10 Å². The van der Waals surface area contributed by atoms with Gasteiger partial charge < -0.3 is 20.6 Å². The second-order valence-corrected chi connectivity index (χ2v) is 7.02. The lowest BCUT2D eigenvalue weighted by molar-refractivity contribution is -0.127. The van der Waals surface area contributed by atoms with E-state index in [1.165, 1.54) is 0 Å². The summed E-state index contributed by atoms with van der Waals surface area (Å²) in [6, 6.07) is -0.439. The monoisotopic (exact) mass is 321 g/mol. The Morgan fingerprint density at radius 2 is 1.78 bits per heavy atom. The van der Waals surface area contributed by atoms with Gasteiger partial charge in [0.2, 0.25) is 5.91 Å². The van der Waals surface area contributed by atoms with Crippen LogP contribution in [-0.4, -0.2) is 59.1 Å². The molecule has 0 spiro atoms. The average Bonchev–Trinajstić information content (AvgIpc) is 2.51. The number of hydrogen-bond donors (Lipinski definition) is 2. The molecule has 0 saturated carbocycles. The highest BCUT2D eigenvalue weighted by molar-refractivity contribution is 5.88. The fourth-order valence-electron chi connectivity index (χ4n) is 3.33. The van der Waals surface area contributed by atoms with Crippen molar-refractivity contribution in [1.29, 1.82) is 0 Å². The average molecular weight is 321 g/mol. The molecule has 1 atom stereocenters. The number of carbonyl (C=O) groups excluding carboxylic acids is 2. The molecule has 1 heterocycles. The third-order valence-corrected chi connectivity index (χ3v) is 4.99. The molecule has 2 aliphatic rings. The molecule has 3 amide bonds. The van der Waals surface area contributed by atoms with E-state index in [1.807, 2.05) is 13.0 Å². The molecule has 1 fully saturated rings. The number of hydrogen-bond acceptors (Lipinski definition) is 3. The number of primary amides is 1. The Kier molecular flexibility index (Phi) is 5.14. The number of piperazine rings is 1. The molecule has 6 nitrogen and oxygen atoms in total. The van der Waals surface area contributed by atoms with E-state index < -0.39 is 12.1 Å². The quantitative estimate of drug-likeness (QED) is 0.751. The van der Waals surface area contributed by atoms with Crippen LogP contribution in [0.5, 0.6) is 0 Å². The Labute approximate surface area is 137 Å². The Balaban J connectivity index is 2.04. The molecule has 1 aliphatic carbocycles. The first-order valence-corrected chi connectivity index (χ1v) is 8.13. The second kappa shape index (κ2) is 6.74. The minimum absolute atomic E-state index is 0.0369. The van der Waals surface area contributed by atoms with E-state index in [2.05, 4.69) is 13.8 Å². The molecule has 0 bridgehead atoms. The molecule has 23 heavy (non-hydrogen) atoms. The Morgan fingerprint density at radius 3 is 2.35 bits per heavy atom. The highest BCUT2D eigenvalue weighted by Gasteiger charge is 2.31. The Morgan fingerprint density at radius 1 is 1.22 bits per heavy atom. The van der Waals surface area contributed by atoms with Gasteiger partial charge in [-0.2, -0.15) is 0 Å². The number of allylic oxidation sites excluding steroid dienone is 2. The van der Waals surface area contributed by atoms with E-state index in [4.69, 9.17) is 5.73 Å². The molecule has 0 radical (unpaired) electrons. The molecule has 1 aliphatic heterocycles. The maximum atomic E-state index is 12.3. The minimum Gasteiger partial charge on any atom is -0.389 e. The normalized spacial score (nSPS) is 25.1. The van der Waals surface area contributed by atoms with Gasteiger partial charge in [0.25, 0.3) is 0 Å². The van der Waals surface area contributed by atoms with Crippen LogP contribution in [0.2, 0.25) is 0 Å². The van der Waals surface area contributed by atoms with Crippen molar-refractivity contribution in [3.8, 4) is 0 Å². The topological polar surface area (TPSA) is 86.9 Å². The van der Waals surface area contributed by atoms with Crippen LogP contribution in [-0.2, 0) is 4.79 Å². The molecule has 3 N–H and O–H groups in total. The summed E-state index contributed by atoms with van der Waals surface area (Å²) in [7, 11) is 0. The molecule has 2 rings (SSSR count). The number of urea groups is 1. The zero-order valence-electron chi connectivity index (χ0n) is 14.2. The van der Waals surface area contributed by atoms with Crippen LogP contribution in [0.25, 0.3) is 0 Å². The summed E-state index contributed by atoms with van der Waals surface area (Å²) in [5, 5.41) is 10.0. The first-order chi connectivity index (χ1) is 10.7. The molecule has 0 aromatic rings. The second-order valence-electron chi connectivity index (χ2n) is 7.02. The molecule has 0 aromatic heterocycles. The molecular weight excluding hydrogens is 294 g/mol. The van der Waals surface area contributed by atoms with Crippen molar-refractivity contribution < 1.29 is 14.7 Å². The van der Waals surface area contributed by atoms with Crippen LogP contribution in [0.3, 0.4) is 0 Å². The first-order valence-electron chi connectivity index (χ1n) is 8.13. The largest absolute Gasteiger partial charge is 0.389 e. The van der Waals surface area contributed by atoms with Crippen molar-refractivity contribution in [3.63, 3.8) is 0 Å². The van der Waals surface area contributed by atoms with Gasteiger partial charge in [-0.25, -0.2) is 4.79 Å². The summed E-state index contributed by atoms with van der Waals surface area (Å²) in [4.78, 5) is 26.7. The van der Waals surface area contributed by atoms with Crippen LogP contribution >= 0.6 is 0 Å². The predicted molar refractivity (Wildman–Crippen MR) is 88.6 cm³/mol.